The minimum atomic E-state index is -3.39. The van der Waals surface area contributed by atoms with Crippen LogP contribution in [0.3, 0.4) is 0 Å². The second-order valence-corrected chi connectivity index (χ2v) is 9.27. The Morgan fingerprint density at radius 1 is 1.17 bits per heavy atom. The average Bonchev–Trinajstić information content (AvgIpc) is 2.48. The van der Waals surface area contributed by atoms with E-state index in [0.717, 1.165) is 24.0 Å². The number of piperidine rings is 1. The third-order valence-corrected chi connectivity index (χ3v) is 6.10. The van der Waals surface area contributed by atoms with Gasteiger partial charge in [0.1, 0.15) is 0 Å². The van der Waals surface area contributed by atoms with E-state index in [1.807, 2.05) is 32.9 Å². The van der Waals surface area contributed by atoms with Gasteiger partial charge >= 0.3 is 0 Å². The molecule has 1 aromatic carbocycles. The predicted octanol–water partition coefficient (Wildman–Crippen LogP) is 4.74. The first kappa shape index (κ1) is 20.2. The van der Waals surface area contributed by atoms with Crippen LogP contribution in [0.2, 0.25) is 0 Å². The molecule has 3 nitrogen and oxygen atoms in total. The molecule has 0 saturated carbocycles. The Balaban J connectivity index is 0.00000127. The Morgan fingerprint density at radius 2 is 1.78 bits per heavy atom. The van der Waals surface area contributed by atoms with Crippen molar-refractivity contribution in [2.45, 2.75) is 71.6 Å². The molecular formula is C19H33NO2S. The van der Waals surface area contributed by atoms with E-state index in [2.05, 4.69) is 27.7 Å². The van der Waals surface area contributed by atoms with Crippen molar-refractivity contribution < 1.29 is 8.42 Å². The Bertz CT molecular complexity index is 615. The van der Waals surface area contributed by atoms with E-state index >= 15 is 0 Å². The third-order valence-electron chi connectivity index (χ3n) is 4.18. The lowest BCUT2D eigenvalue weighted by Crippen LogP contribution is -2.39. The fraction of sp³-hybridized carbons (Fsp3) is 0.684. The lowest BCUT2D eigenvalue weighted by molar-refractivity contribution is 0.281. The normalized spacial score (nSPS) is 19.9. The Kier molecular flexibility index (Phi) is 6.84. The highest BCUT2D eigenvalue weighted by Gasteiger charge is 2.32. The maximum Gasteiger partial charge on any atom is 0.243 e. The second kappa shape index (κ2) is 7.80. The van der Waals surface area contributed by atoms with Gasteiger partial charge in [0.25, 0.3) is 0 Å². The highest BCUT2D eigenvalue weighted by molar-refractivity contribution is 7.89. The second-order valence-electron chi connectivity index (χ2n) is 7.36. The van der Waals surface area contributed by atoms with Crippen LogP contribution in [0.4, 0.5) is 0 Å². The van der Waals surface area contributed by atoms with Gasteiger partial charge in [0.05, 0.1) is 4.90 Å². The van der Waals surface area contributed by atoms with Crippen molar-refractivity contribution in [2.24, 2.45) is 5.92 Å². The van der Waals surface area contributed by atoms with Gasteiger partial charge in [-0.05, 0) is 42.7 Å². The minimum absolute atomic E-state index is 0.185. The van der Waals surface area contributed by atoms with Crippen LogP contribution in [0.15, 0.2) is 23.1 Å². The molecule has 1 atom stereocenters. The van der Waals surface area contributed by atoms with Crippen molar-refractivity contribution in [3.63, 3.8) is 0 Å². The number of nitrogens with zero attached hydrogens (tertiary/aromatic N) is 1. The molecule has 4 heteroatoms. The van der Waals surface area contributed by atoms with E-state index in [-0.39, 0.29) is 5.41 Å². The van der Waals surface area contributed by atoms with Gasteiger partial charge < -0.3 is 0 Å². The molecule has 1 aromatic rings. The molecule has 0 radical (unpaired) electrons. The Morgan fingerprint density at radius 3 is 2.30 bits per heavy atom. The van der Waals surface area contributed by atoms with Gasteiger partial charge in [-0.25, -0.2) is 8.42 Å². The summed E-state index contributed by atoms with van der Waals surface area (Å²) in [5, 5.41) is 0. The summed E-state index contributed by atoms with van der Waals surface area (Å²) in [4.78, 5) is 0.481. The molecule has 0 spiro atoms. The molecule has 0 amide bonds. The molecule has 0 N–H and O–H groups in total. The summed E-state index contributed by atoms with van der Waals surface area (Å²) in [5.74, 6) is 0.442. The average molecular weight is 340 g/mol. The fourth-order valence-electron chi connectivity index (χ4n) is 2.96. The topological polar surface area (TPSA) is 37.4 Å². The minimum Gasteiger partial charge on any atom is -0.207 e. The SMILES string of the molecule is CC.Cc1ccc(S(=O)(=O)N2CCCC(C)C2)c(C(C)(C)C)c1. The summed E-state index contributed by atoms with van der Waals surface area (Å²) in [5.41, 5.74) is 1.84. The molecule has 1 aliphatic rings. The van der Waals surface area contributed by atoms with E-state index in [9.17, 15) is 8.42 Å². The number of hydrogen-bond acceptors (Lipinski definition) is 2. The summed E-state index contributed by atoms with van der Waals surface area (Å²) >= 11 is 0. The van der Waals surface area contributed by atoms with Crippen molar-refractivity contribution >= 4 is 10.0 Å². The summed E-state index contributed by atoms with van der Waals surface area (Å²) in [7, 11) is -3.39. The van der Waals surface area contributed by atoms with Crippen LogP contribution >= 0.6 is 0 Å². The highest BCUT2D eigenvalue weighted by atomic mass is 32.2. The predicted molar refractivity (Wildman–Crippen MR) is 98.4 cm³/mol. The van der Waals surface area contributed by atoms with Gasteiger partial charge in [0.15, 0.2) is 0 Å². The van der Waals surface area contributed by atoms with Gasteiger partial charge in [-0.3, -0.25) is 0 Å². The first-order valence-corrected chi connectivity index (χ1v) is 10.2. The monoisotopic (exact) mass is 339 g/mol. The standard InChI is InChI=1S/C17H27NO2S.C2H6/c1-13-8-9-16(15(11-13)17(3,4)5)21(19,20)18-10-6-7-14(2)12-18;1-2/h8-9,11,14H,6-7,10,12H2,1-5H3;1-2H3. The highest BCUT2D eigenvalue weighted by Crippen LogP contribution is 2.33. The van der Waals surface area contributed by atoms with Gasteiger partial charge in [0.2, 0.25) is 10.0 Å². The van der Waals surface area contributed by atoms with Crippen molar-refractivity contribution in [3.05, 3.63) is 29.3 Å². The first-order valence-electron chi connectivity index (χ1n) is 8.73. The lowest BCUT2D eigenvalue weighted by atomic mass is 9.86. The number of hydrogen-bond donors (Lipinski definition) is 0. The van der Waals surface area contributed by atoms with Crippen LogP contribution in [-0.2, 0) is 15.4 Å². The fourth-order valence-corrected chi connectivity index (χ4v) is 4.94. The molecule has 1 fully saturated rings. The smallest absolute Gasteiger partial charge is 0.207 e. The number of benzene rings is 1. The third kappa shape index (κ3) is 4.80. The van der Waals surface area contributed by atoms with E-state index in [1.165, 1.54) is 0 Å². The van der Waals surface area contributed by atoms with Gasteiger partial charge in [0, 0.05) is 13.1 Å². The molecule has 132 valence electrons. The van der Waals surface area contributed by atoms with Crippen LogP contribution in [-0.4, -0.2) is 25.8 Å². The van der Waals surface area contributed by atoms with Crippen molar-refractivity contribution in [1.29, 1.82) is 0 Å². The molecule has 1 unspecified atom stereocenters. The zero-order valence-corrected chi connectivity index (χ0v) is 16.6. The summed E-state index contributed by atoms with van der Waals surface area (Å²) in [6.45, 7) is 15.6. The van der Waals surface area contributed by atoms with E-state index in [4.69, 9.17) is 0 Å². The van der Waals surface area contributed by atoms with Crippen molar-refractivity contribution in [3.8, 4) is 0 Å². The molecule has 1 aliphatic heterocycles. The molecule has 23 heavy (non-hydrogen) atoms. The summed E-state index contributed by atoms with van der Waals surface area (Å²) in [6.07, 6.45) is 2.07. The van der Waals surface area contributed by atoms with Gasteiger partial charge in [-0.15, -0.1) is 0 Å². The van der Waals surface area contributed by atoms with Crippen molar-refractivity contribution in [1.82, 2.24) is 4.31 Å². The molecular weight excluding hydrogens is 306 g/mol. The van der Waals surface area contributed by atoms with E-state index in [0.29, 0.717) is 23.9 Å². The Labute approximate surface area is 143 Å². The zero-order valence-electron chi connectivity index (χ0n) is 15.8. The molecule has 0 aliphatic carbocycles. The molecule has 0 bridgehead atoms. The largest absolute Gasteiger partial charge is 0.243 e. The van der Waals surface area contributed by atoms with Crippen LogP contribution in [0.1, 0.15) is 65.5 Å². The summed E-state index contributed by atoms with van der Waals surface area (Å²) < 4.78 is 27.7. The number of sulfonamides is 1. The number of aryl methyl sites for hydroxylation is 1. The van der Waals surface area contributed by atoms with Gasteiger partial charge in [-0.1, -0.05) is 59.2 Å². The van der Waals surface area contributed by atoms with Gasteiger partial charge in [-0.2, -0.15) is 4.31 Å². The van der Waals surface area contributed by atoms with E-state index < -0.39 is 10.0 Å². The number of rotatable bonds is 2. The molecule has 1 saturated heterocycles. The lowest BCUT2D eigenvalue weighted by Gasteiger charge is -2.32. The Hall–Kier alpha value is -0.870. The van der Waals surface area contributed by atoms with Crippen LogP contribution in [0.5, 0.6) is 0 Å². The van der Waals surface area contributed by atoms with Crippen LogP contribution in [0, 0.1) is 12.8 Å². The van der Waals surface area contributed by atoms with Crippen molar-refractivity contribution in [2.75, 3.05) is 13.1 Å². The van der Waals surface area contributed by atoms with Crippen LogP contribution in [0.25, 0.3) is 0 Å². The maximum atomic E-state index is 13.0. The molecule has 0 aromatic heterocycles. The summed E-state index contributed by atoms with van der Waals surface area (Å²) in [6, 6.07) is 5.69. The van der Waals surface area contributed by atoms with E-state index in [1.54, 1.807) is 10.4 Å². The quantitative estimate of drug-likeness (QED) is 0.780. The van der Waals surface area contributed by atoms with Crippen LogP contribution < -0.4 is 0 Å². The maximum absolute atomic E-state index is 13.0. The molecule has 2 rings (SSSR count). The molecule has 1 heterocycles. The zero-order chi connectivity index (χ0) is 17.8. The first-order chi connectivity index (χ1) is 10.6.